The van der Waals surface area contributed by atoms with Crippen LogP contribution in [0.5, 0.6) is 5.75 Å². The van der Waals surface area contributed by atoms with Crippen molar-refractivity contribution in [3.63, 3.8) is 0 Å². The van der Waals surface area contributed by atoms with Crippen molar-refractivity contribution < 1.29 is 14.3 Å². The lowest BCUT2D eigenvalue weighted by atomic mass is 10.0. The molecule has 0 aromatic heterocycles. The summed E-state index contributed by atoms with van der Waals surface area (Å²) in [4.78, 5) is 25.2. The summed E-state index contributed by atoms with van der Waals surface area (Å²) in [5, 5.41) is 7.10. The number of halogens is 2. The predicted molar refractivity (Wildman–Crippen MR) is 123 cm³/mol. The molecule has 0 saturated carbocycles. The van der Waals surface area contributed by atoms with E-state index in [1.54, 1.807) is 24.3 Å². The number of benzene rings is 2. The second-order valence-electron chi connectivity index (χ2n) is 6.94. The number of amides is 2. The largest absolute Gasteiger partial charge is 0.493 e. The molecule has 0 bridgehead atoms. The number of hydrogen-bond donors (Lipinski definition) is 2. The van der Waals surface area contributed by atoms with Gasteiger partial charge in [-0.25, -0.2) is 5.43 Å². The van der Waals surface area contributed by atoms with Crippen LogP contribution in [0.3, 0.4) is 0 Å². The molecule has 0 saturated heterocycles. The highest BCUT2D eigenvalue weighted by molar-refractivity contribution is 9.10. The predicted octanol–water partition coefficient (Wildman–Crippen LogP) is 4.80. The van der Waals surface area contributed by atoms with Crippen LogP contribution in [0.15, 0.2) is 52.0 Å². The number of carbonyl (C=O) groups excluding carboxylic acids is 2. The van der Waals surface area contributed by atoms with Gasteiger partial charge in [0, 0.05) is 10.0 Å². The number of hydrogen-bond acceptors (Lipinski definition) is 4. The van der Waals surface area contributed by atoms with Crippen LogP contribution in [-0.2, 0) is 4.79 Å². The molecule has 2 aromatic rings. The molecule has 160 valence electrons. The molecule has 0 heterocycles. The van der Waals surface area contributed by atoms with Crippen LogP contribution in [0.2, 0.25) is 5.02 Å². The van der Waals surface area contributed by atoms with Crippen LogP contribution in [0.4, 0.5) is 0 Å². The third kappa shape index (κ3) is 6.85. The van der Waals surface area contributed by atoms with Crippen LogP contribution >= 0.6 is 27.5 Å². The van der Waals surface area contributed by atoms with E-state index in [4.69, 9.17) is 16.3 Å². The molecule has 2 N–H and O–H groups in total. The summed E-state index contributed by atoms with van der Waals surface area (Å²) < 4.78 is 6.57. The zero-order valence-electron chi connectivity index (χ0n) is 17.1. The Morgan fingerprint density at radius 3 is 2.63 bits per heavy atom. The standard InChI is InChI=1S/C22H25BrClN3O3/c1-4-11-30-19-10-9-16(23)12-15(19)13-25-27-22(29)20(14(2)3)26-21(28)17-7-5-6-8-18(17)24/h5-10,12-14,20H,4,11H2,1-3H3,(H,26,28)(H,27,29). The van der Waals surface area contributed by atoms with E-state index in [1.807, 2.05) is 39.0 Å². The molecular formula is C22H25BrClN3O3. The molecule has 0 fully saturated rings. The van der Waals surface area contributed by atoms with Gasteiger partial charge in [0.25, 0.3) is 11.8 Å². The minimum atomic E-state index is -0.774. The summed E-state index contributed by atoms with van der Waals surface area (Å²) in [6.45, 7) is 6.28. The van der Waals surface area contributed by atoms with Gasteiger partial charge in [-0.05, 0) is 42.7 Å². The number of nitrogens with zero attached hydrogens (tertiary/aromatic N) is 1. The average Bonchev–Trinajstić information content (AvgIpc) is 2.71. The third-order valence-electron chi connectivity index (χ3n) is 4.17. The zero-order valence-corrected chi connectivity index (χ0v) is 19.5. The molecular weight excluding hydrogens is 470 g/mol. The van der Waals surface area contributed by atoms with Crippen LogP contribution in [0.1, 0.15) is 43.1 Å². The van der Waals surface area contributed by atoms with Gasteiger partial charge in [0.05, 0.1) is 23.4 Å². The molecule has 0 aliphatic carbocycles. The highest BCUT2D eigenvalue weighted by Crippen LogP contribution is 2.22. The number of rotatable bonds is 9. The van der Waals surface area contributed by atoms with Gasteiger partial charge in [0.2, 0.25) is 0 Å². The fourth-order valence-electron chi connectivity index (χ4n) is 2.60. The van der Waals surface area contributed by atoms with Crippen LogP contribution < -0.4 is 15.5 Å². The van der Waals surface area contributed by atoms with Gasteiger partial charge < -0.3 is 10.1 Å². The SMILES string of the molecule is CCCOc1ccc(Br)cc1C=NNC(=O)C(NC(=O)c1ccccc1Cl)C(C)C. The van der Waals surface area contributed by atoms with Crippen molar-refractivity contribution in [2.45, 2.75) is 33.2 Å². The van der Waals surface area contributed by atoms with E-state index < -0.39 is 17.9 Å². The second kappa shape index (κ2) is 11.7. The van der Waals surface area contributed by atoms with E-state index >= 15 is 0 Å². The van der Waals surface area contributed by atoms with E-state index in [-0.39, 0.29) is 5.92 Å². The van der Waals surface area contributed by atoms with Gasteiger partial charge in [0.15, 0.2) is 0 Å². The van der Waals surface area contributed by atoms with Crippen molar-refractivity contribution in [2.75, 3.05) is 6.61 Å². The van der Waals surface area contributed by atoms with E-state index in [0.717, 1.165) is 16.5 Å². The first-order valence-corrected chi connectivity index (χ1v) is 10.8. The Bertz CT molecular complexity index is 918. The number of hydrazone groups is 1. The topological polar surface area (TPSA) is 79.8 Å². The molecule has 1 unspecified atom stereocenters. The Kier molecular flexibility index (Phi) is 9.33. The first-order valence-electron chi connectivity index (χ1n) is 9.64. The summed E-state index contributed by atoms with van der Waals surface area (Å²) >= 11 is 9.50. The highest BCUT2D eigenvalue weighted by atomic mass is 79.9. The van der Waals surface area contributed by atoms with Crippen LogP contribution in [0.25, 0.3) is 0 Å². The fraction of sp³-hybridized carbons (Fsp3) is 0.318. The van der Waals surface area contributed by atoms with Gasteiger partial charge in [-0.3, -0.25) is 9.59 Å². The fourth-order valence-corrected chi connectivity index (χ4v) is 3.20. The van der Waals surface area contributed by atoms with Crippen molar-refractivity contribution in [3.05, 3.63) is 63.1 Å². The second-order valence-corrected chi connectivity index (χ2v) is 8.26. The van der Waals surface area contributed by atoms with E-state index in [1.165, 1.54) is 6.21 Å². The number of carbonyl (C=O) groups is 2. The van der Waals surface area contributed by atoms with Crippen molar-refractivity contribution in [2.24, 2.45) is 11.0 Å². The van der Waals surface area contributed by atoms with Gasteiger partial charge >= 0.3 is 0 Å². The number of nitrogens with one attached hydrogen (secondary N) is 2. The first kappa shape index (κ1) is 23.9. The molecule has 1 atom stereocenters. The summed E-state index contributed by atoms with van der Waals surface area (Å²) in [5.74, 6) is -0.320. The Hall–Kier alpha value is -2.38. The monoisotopic (exact) mass is 493 g/mol. The quantitative estimate of drug-likeness (QED) is 0.388. The van der Waals surface area contributed by atoms with E-state index in [2.05, 4.69) is 31.8 Å². The van der Waals surface area contributed by atoms with Crippen LogP contribution in [-0.4, -0.2) is 30.7 Å². The van der Waals surface area contributed by atoms with Gasteiger partial charge in [-0.15, -0.1) is 0 Å². The third-order valence-corrected chi connectivity index (χ3v) is 4.99. The van der Waals surface area contributed by atoms with Gasteiger partial charge in [-0.2, -0.15) is 5.10 Å². The van der Waals surface area contributed by atoms with Gasteiger partial charge in [0.1, 0.15) is 11.8 Å². The minimum Gasteiger partial charge on any atom is -0.493 e. The maximum Gasteiger partial charge on any atom is 0.262 e. The molecule has 0 aliphatic heterocycles. The molecule has 2 amide bonds. The molecule has 6 nitrogen and oxygen atoms in total. The van der Waals surface area contributed by atoms with Crippen molar-refractivity contribution in [1.29, 1.82) is 0 Å². The summed E-state index contributed by atoms with van der Waals surface area (Å²) in [5.41, 5.74) is 3.53. The van der Waals surface area contributed by atoms with Crippen molar-refractivity contribution >= 4 is 45.6 Å². The summed E-state index contributed by atoms with van der Waals surface area (Å²) in [6.07, 6.45) is 2.39. The molecule has 2 aromatic carbocycles. The molecule has 0 spiro atoms. The first-order chi connectivity index (χ1) is 14.3. The smallest absolute Gasteiger partial charge is 0.262 e. The van der Waals surface area contributed by atoms with Gasteiger partial charge in [-0.1, -0.05) is 60.4 Å². The maximum absolute atomic E-state index is 12.6. The summed E-state index contributed by atoms with van der Waals surface area (Å²) in [7, 11) is 0. The average molecular weight is 495 g/mol. The lowest BCUT2D eigenvalue weighted by molar-refractivity contribution is -0.123. The molecule has 0 radical (unpaired) electrons. The van der Waals surface area contributed by atoms with Crippen LogP contribution in [0, 0.1) is 5.92 Å². The molecule has 0 aliphatic rings. The Balaban J connectivity index is 2.08. The molecule has 30 heavy (non-hydrogen) atoms. The lowest BCUT2D eigenvalue weighted by Crippen LogP contribution is -2.48. The molecule has 8 heteroatoms. The highest BCUT2D eigenvalue weighted by Gasteiger charge is 2.25. The molecule has 2 rings (SSSR count). The Morgan fingerprint density at radius 2 is 1.97 bits per heavy atom. The van der Waals surface area contributed by atoms with Crippen molar-refractivity contribution in [3.8, 4) is 5.75 Å². The number of ether oxygens (including phenoxy) is 1. The van der Waals surface area contributed by atoms with E-state index in [0.29, 0.717) is 22.9 Å². The Labute approximate surface area is 190 Å². The van der Waals surface area contributed by atoms with Crippen molar-refractivity contribution in [1.82, 2.24) is 10.7 Å². The van der Waals surface area contributed by atoms with E-state index in [9.17, 15) is 9.59 Å². The maximum atomic E-state index is 12.6. The normalized spacial score (nSPS) is 12.1. The zero-order chi connectivity index (χ0) is 22.1. The lowest BCUT2D eigenvalue weighted by Gasteiger charge is -2.20. The Morgan fingerprint density at radius 1 is 1.23 bits per heavy atom. The summed E-state index contributed by atoms with van der Waals surface area (Å²) in [6, 6.07) is 11.5. The minimum absolute atomic E-state index is 0.152.